The Morgan fingerprint density at radius 1 is 1.07 bits per heavy atom. The molecule has 6 heteroatoms. The van der Waals surface area contributed by atoms with E-state index in [1.54, 1.807) is 6.07 Å². The van der Waals surface area contributed by atoms with Gasteiger partial charge < -0.3 is 20.0 Å². The fourth-order valence-corrected chi connectivity index (χ4v) is 3.61. The molecule has 0 aliphatic rings. The molecular weight excluding hydrogens is 378 g/mol. The molecule has 0 radical (unpaired) electrons. The third-order valence-corrected chi connectivity index (χ3v) is 5.25. The monoisotopic (exact) mass is 403 g/mol. The van der Waals surface area contributed by atoms with Crippen LogP contribution in [0.1, 0.15) is 30.0 Å². The minimum Gasteiger partial charge on any atom is -0.451 e. The van der Waals surface area contributed by atoms with Crippen LogP contribution in [0, 0.1) is 5.92 Å². The molecule has 0 aliphatic carbocycles. The first-order chi connectivity index (χ1) is 14.5. The molecule has 30 heavy (non-hydrogen) atoms. The fourth-order valence-electron chi connectivity index (χ4n) is 3.61. The van der Waals surface area contributed by atoms with Gasteiger partial charge in [0.05, 0.1) is 0 Å². The van der Waals surface area contributed by atoms with Gasteiger partial charge in [-0.2, -0.15) is 0 Å². The van der Waals surface area contributed by atoms with Gasteiger partial charge in [0.15, 0.2) is 5.76 Å². The quantitative estimate of drug-likeness (QED) is 0.435. The summed E-state index contributed by atoms with van der Waals surface area (Å²) < 4.78 is 5.61. The summed E-state index contributed by atoms with van der Waals surface area (Å²) in [6, 6.07) is 16.6. The van der Waals surface area contributed by atoms with E-state index in [2.05, 4.69) is 21.7 Å². The maximum Gasteiger partial charge on any atom is 0.287 e. The van der Waals surface area contributed by atoms with E-state index in [4.69, 9.17) is 4.42 Å². The highest BCUT2D eigenvalue weighted by Gasteiger charge is 2.25. The summed E-state index contributed by atoms with van der Waals surface area (Å²) in [7, 11) is 0. The summed E-state index contributed by atoms with van der Waals surface area (Å²) in [6.07, 6.45) is 2.68. The van der Waals surface area contributed by atoms with Gasteiger partial charge in [-0.1, -0.05) is 50.2 Å². The predicted molar refractivity (Wildman–Crippen MR) is 117 cm³/mol. The fraction of sp³-hybridized carbons (Fsp3) is 0.250. The summed E-state index contributed by atoms with van der Waals surface area (Å²) in [6.45, 7) is 4.30. The molecule has 0 fully saturated rings. The first-order valence-electron chi connectivity index (χ1n) is 10.1. The van der Waals surface area contributed by atoms with Crippen molar-refractivity contribution in [2.45, 2.75) is 26.3 Å². The average Bonchev–Trinajstić information content (AvgIpc) is 3.36. The van der Waals surface area contributed by atoms with E-state index in [0.717, 1.165) is 21.9 Å². The number of benzene rings is 2. The molecule has 0 unspecified atom stereocenters. The largest absolute Gasteiger partial charge is 0.451 e. The lowest BCUT2D eigenvalue weighted by atomic mass is 10.0. The molecule has 2 amide bonds. The van der Waals surface area contributed by atoms with Gasteiger partial charge in [0.1, 0.15) is 11.6 Å². The molecule has 6 nitrogen and oxygen atoms in total. The van der Waals surface area contributed by atoms with Crippen LogP contribution in [-0.2, 0) is 11.2 Å². The topological polar surface area (TPSA) is 87.1 Å². The van der Waals surface area contributed by atoms with Crippen molar-refractivity contribution in [3.63, 3.8) is 0 Å². The molecule has 3 N–H and O–H groups in total. The van der Waals surface area contributed by atoms with Crippen molar-refractivity contribution < 1.29 is 14.0 Å². The maximum atomic E-state index is 12.8. The standard InChI is InChI=1S/C24H25N3O3/c1-15(2)22(27-23(28)21-13-16-7-3-6-10-20(16)30-21)24(29)25-12-11-17-14-26-19-9-5-4-8-18(17)19/h3-10,13-15,22,26H,11-12H2,1-2H3,(H,25,29)(H,27,28)/t22-/m0/s1. The van der Waals surface area contributed by atoms with Crippen molar-refractivity contribution in [3.05, 3.63) is 72.1 Å². The number of rotatable bonds is 7. The number of carbonyl (C=O) groups is 2. The Morgan fingerprint density at radius 2 is 1.83 bits per heavy atom. The van der Waals surface area contributed by atoms with Crippen LogP contribution in [0.2, 0.25) is 0 Å². The van der Waals surface area contributed by atoms with E-state index >= 15 is 0 Å². The Kier molecular flexibility index (Phi) is 5.57. The van der Waals surface area contributed by atoms with Crippen LogP contribution in [-0.4, -0.2) is 29.4 Å². The predicted octanol–water partition coefficient (Wildman–Crippen LogP) is 4.03. The number of aromatic amines is 1. The van der Waals surface area contributed by atoms with E-state index in [0.29, 0.717) is 18.5 Å². The average molecular weight is 403 g/mol. The molecule has 1 atom stereocenters. The second-order valence-corrected chi connectivity index (χ2v) is 7.74. The molecule has 4 aromatic rings. The van der Waals surface area contributed by atoms with Crippen LogP contribution in [0.5, 0.6) is 0 Å². The van der Waals surface area contributed by atoms with E-state index in [1.807, 2.05) is 62.5 Å². The first kappa shape index (κ1) is 19.8. The molecule has 0 bridgehead atoms. The molecule has 154 valence electrons. The van der Waals surface area contributed by atoms with Gasteiger partial charge in [-0.3, -0.25) is 9.59 Å². The normalized spacial score (nSPS) is 12.4. The molecule has 2 heterocycles. The summed E-state index contributed by atoms with van der Waals surface area (Å²) in [5, 5.41) is 7.78. The highest BCUT2D eigenvalue weighted by Crippen LogP contribution is 2.19. The highest BCUT2D eigenvalue weighted by atomic mass is 16.3. The van der Waals surface area contributed by atoms with Crippen LogP contribution >= 0.6 is 0 Å². The summed E-state index contributed by atoms with van der Waals surface area (Å²) in [4.78, 5) is 28.6. The Morgan fingerprint density at radius 3 is 2.63 bits per heavy atom. The van der Waals surface area contributed by atoms with Crippen molar-refractivity contribution in [1.29, 1.82) is 0 Å². The van der Waals surface area contributed by atoms with E-state index in [1.165, 1.54) is 0 Å². The number of aromatic nitrogens is 1. The van der Waals surface area contributed by atoms with Crippen molar-refractivity contribution in [1.82, 2.24) is 15.6 Å². The van der Waals surface area contributed by atoms with Crippen molar-refractivity contribution >= 4 is 33.7 Å². The van der Waals surface area contributed by atoms with Crippen LogP contribution in [0.25, 0.3) is 21.9 Å². The molecule has 2 aromatic heterocycles. The van der Waals surface area contributed by atoms with Gasteiger partial charge in [0.2, 0.25) is 5.91 Å². The third kappa shape index (κ3) is 4.08. The molecule has 0 spiro atoms. The number of hydrogen-bond donors (Lipinski definition) is 3. The molecule has 0 aliphatic heterocycles. The molecule has 2 aromatic carbocycles. The second-order valence-electron chi connectivity index (χ2n) is 7.74. The number of furan rings is 1. The number of nitrogens with one attached hydrogen (secondary N) is 3. The van der Waals surface area contributed by atoms with Gasteiger partial charge in [-0.25, -0.2) is 0 Å². The zero-order valence-electron chi connectivity index (χ0n) is 17.1. The minimum absolute atomic E-state index is 0.0635. The zero-order chi connectivity index (χ0) is 21.1. The number of carbonyl (C=O) groups excluding carboxylic acids is 2. The Hall–Kier alpha value is -3.54. The van der Waals surface area contributed by atoms with E-state index in [9.17, 15) is 9.59 Å². The summed E-state index contributed by atoms with van der Waals surface area (Å²) in [5.74, 6) is -0.453. The molecule has 4 rings (SSSR count). The Bertz CT molecular complexity index is 1160. The van der Waals surface area contributed by atoms with E-state index < -0.39 is 11.9 Å². The summed E-state index contributed by atoms with van der Waals surface area (Å²) in [5.41, 5.74) is 2.88. The first-order valence-corrected chi connectivity index (χ1v) is 10.1. The lowest BCUT2D eigenvalue weighted by Crippen LogP contribution is -2.50. The second kappa shape index (κ2) is 8.45. The van der Waals surface area contributed by atoms with Gasteiger partial charge >= 0.3 is 0 Å². The lowest BCUT2D eigenvalue weighted by molar-refractivity contribution is -0.123. The van der Waals surface area contributed by atoms with Crippen LogP contribution in [0.3, 0.4) is 0 Å². The summed E-state index contributed by atoms with van der Waals surface area (Å²) >= 11 is 0. The highest BCUT2D eigenvalue weighted by molar-refractivity contribution is 5.98. The number of para-hydroxylation sites is 2. The molecule has 0 saturated heterocycles. The lowest BCUT2D eigenvalue weighted by Gasteiger charge is -2.21. The van der Waals surface area contributed by atoms with Crippen LogP contribution in [0.15, 0.2) is 65.2 Å². The third-order valence-electron chi connectivity index (χ3n) is 5.25. The van der Waals surface area contributed by atoms with Crippen molar-refractivity contribution in [2.75, 3.05) is 6.54 Å². The van der Waals surface area contributed by atoms with Crippen molar-refractivity contribution in [2.24, 2.45) is 5.92 Å². The van der Waals surface area contributed by atoms with Gasteiger partial charge in [0, 0.05) is 29.0 Å². The number of H-pyrrole nitrogens is 1. The van der Waals surface area contributed by atoms with Gasteiger partial charge in [-0.15, -0.1) is 0 Å². The molecular formula is C24H25N3O3. The van der Waals surface area contributed by atoms with Gasteiger partial charge in [-0.05, 0) is 36.1 Å². The zero-order valence-corrected chi connectivity index (χ0v) is 17.1. The van der Waals surface area contributed by atoms with Crippen LogP contribution in [0.4, 0.5) is 0 Å². The van der Waals surface area contributed by atoms with E-state index in [-0.39, 0.29) is 17.6 Å². The van der Waals surface area contributed by atoms with Crippen molar-refractivity contribution in [3.8, 4) is 0 Å². The molecule has 0 saturated carbocycles. The van der Waals surface area contributed by atoms with Gasteiger partial charge in [0.25, 0.3) is 5.91 Å². The SMILES string of the molecule is CC(C)[C@H](NC(=O)c1cc2ccccc2o1)C(=O)NCCc1c[nH]c2ccccc12. The maximum absolute atomic E-state index is 12.8. The Labute approximate surface area is 174 Å². The minimum atomic E-state index is -0.645. The smallest absolute Gasteiger partial charge is 0.287 e. The number of amides is 2. The van der Waals surface area contributed by atoms with Crippen LogP contribution < -0.4 is 10.6 Å². The number of hydrogen-bond acceptors (Lipinski definition) is 3. The Balaban J connectivity index is 1.38. The number of fused-ring (bicyclic) bond motifs is 2.